The number of esters is 1. The fourth-order valence-electron chi connectivity index (χ4n) is 2.68. The summed E-state index contributed by atoms with van der Waals surface area (Å²) in [5.41, 5.74) is 0.581. The first-order valence-electron chi connectivity index (χ1n) is 7.60. The van der Waals surface area contributed by atoms with Crippen molar-refractivity contribution in [2.24, 2.45) is 0 Å². The first kappa shape index (κ1) is 16.8. The maximum atomic E-state index is 12.4. The van der Waals surface area contributed by atoms with Gasteiger partial charge in [-0.3, -0.25) is 4.79 Å². The summed E-state index contributed by atoms with van der Waals surface area (Å²) in [6, 6.07) is 0. The molecule has 0 bridgehead atoms. The number of hydrogen-bond donors (Lipinski definition) is 1. The van der Waals surface area contributed by atoms with Crippen molar-refractivity contribution >= 4 is 29.1 Å². The topological polar surface area (TPSA) is 51.2 Å². The molecule has 0 aliphatic heterocycles. The van der Waals surface area contributed by atoms with Crippen LogP contribution < -0.4 is 5.32 Å². The van der Waals surface area contributed by atoms with Crippen LogP contribution in [0, 0.1) is 6.92 Å². The van der Waals surface area contributed by atoms with Crippen LogP contribution in [0.5, 0.6) is 0 Å². The van der Waals surface area contributed by atoms with Crippen LogP contribution in [-0.4, -0.2) is 34.9 Å². The standard InChI is InChI=1S/C15H24N2O2S2/c1-4-8-16-15(13(18)19-5-2)7-6-12(9-15)21-14-17-11(3)10-20-14/h10,12,16H,4-9H2,1-3H3. The van der Waals surface area contributed by atoms with Crippen molar-refractivity contribution in [2.45, 2.75) is 61.6 Å². The zero-order valence-electron chi connectivity index (χ0n) is 13.0. The Hall–Kier alpha value is -0.590. The van der Waals surface area contributed by atoms with Gasteiger partial charge in [0.15, 0.2) is 0 Å². The van der Waals surface area contributed by atoms with Gasteiger partial charge in [-0.15, -0.1) is 11.3 Å². The molecule has 1 aliphatic rings. The van der Waals surface area contributed by atoms with Gasteiger partial charge in [-0.1, -0.05) is 18.7 Å². The number of rotatable bonds is 7. The molecular weight excluding hydrogens is 304 g/mol. The maximum absolute atomic E-state index is 12.4. The molecule has 21 heavy (non-hydrogen) atoms. The lowest BCUT2D eigenvalue weighted by Gasteiger charge is -2.28. The second-order valence-corrected chi connectivity index (χ2v) is 7.87. The van der Waals surface area contributed by atoms with Gasteiger partial charge in [0, 0.05) is 16.3 Å². The fourth-order valence-corrected chi connectivity index (χ4v) is 5.06. The number of thiazole rings is 1. The molecule has 6 heteroatoms. The van der Waals surface area contributed by atoms with Crippen molar-refractivity contribution in [1.82, 2.24) is 10.3 Å². The summed E-state index contributed by atoms with van der Waals surface area (Å²) in [5, 5.41) is 5.95. The molecule has 2 rings (SSSR count). The quantitative estimate of drug-likeness (QED) is 0.778. The van der Waals surface area contributed by atoms with Gasteiger partial charge < -0.3 is 10.1 Å². The number of hydrogen-bond acceptors (Lipinski definition) is 6. The van der Waals surface area contributed by atoms with E-state index in [-0.39, 0.29) is 5.97 Å². The summed E-state index contributed by atoms with van der Waals surface area (Å²) in [7, 11) is 0. The van der Waals surface area contributed by atoms with E-state index in [1.807, 2.05) is 13.8 Å². The van der Waals surface area contributed by atoms with Crippen LogP contribution in [0.4, 0.5) is 0 Å². The molecule has 0 aromatic carbocycles. The first-order valence-corrected chi connectivity index (χ1v) is 9.36. The summed E-state index contributed by atoms with van der Waals surface area (Å²) in [6.07, 6.45) is 3.73. The van der Waals surface area contributed by atoms with Crippen LogP contribution in [0.25, 0.3) is 0 Å². The molecule has 1 saturated carbocycles. The van der Waals surface area contributed by atoms with E-state index in [0.717, 1.165) is 42.3 Å². The molecule has 0 saturated heterocycles. The van der Waals surface area contributed by atoms with Crippen LogP contribution in [0.1, 0.15) is 45.2 Å². The number of nitrogens with zero attached hydrogens (tertiary/aromatic N) is 1. The van der Waals surface area contributed by atoms with Crippen molar-refractivity contribution < 1.29 is 9.53 Å². The van der Waals surface area contributed by atoms with Gasteiger partial charge in [-0.05, 0) is 46.1 Å². The molecule has 1 aliphatic carbocycles. The lowest BCUT2D eigenvalue weighted by Crippen LogP contribution is -2.51. The largest absolute Gasteiger partial charge is 0.465 e. The molecule has 118 valence electrons. The van der Waals surface area contributed by atoms with Crippen molar-refractivity contribution in [3.05, 3.63) is 11.1 Å². The van der Waals surface area contributed by atoms with E-state index < -0.39 is 5.54 Å². The highest BCUT2D eigenvalue weighted by molar-refractivity contribution is 8.01. The summed E-state index contributed by atoms with van der Waals surface area (Å²) in [5.74, 6) is -0.0862. The van der Waals surface area contributed by atoms with Gasteiger partial charge in [0.25, 0.3) is 0 Å². The average molecular weight is 329 g/mol. The number of carbonyl (C=O) groups is 1. The Kier molecular flexibility index (Phi) is 6.08. The number of thioether (sulfide) groups is 1. The van der Waals surface area contributed by atoms with E-state index in [0.29, 0.717) is 11.9 Å². The minimum Gasteiger partial charge on any atom is -0.465 e. The molecule has 2 unspecified atom stereocenters. The molecule has 1 aromatic rings. The third kappa shape index (κ3) is 4.20. The zero-order valence-corrected chi connectivity index (χ0v) is 14.6. The summed E-state index contributed by atoms with van der Waals surface area (Å²) in [6.45, 7) is 7.29. The van der Waals surface area contributed by atoms with E-state index >= 15 is 0 Å². The monoisotopic (exact) mass is 328 g/mol. The molecule has 0 spiro atoms. The minimum absolute atomic E-state index is 0.0862. The van der Waals surface area contributed by atoms with Gasteiger partial charge in [-0.25, -0.2) is 4.98 Å². The second-order valence-electron chi connectivity index (χ2n) is 5.47. The lowest BCUT2D eigenvalue weighted by molar-refractivity contribution is -0.151. The molecular formula is C15H24N2O2S2. The Morgan fingerprint density at radius 2 is 2.43 bits per heavy atom. The van der Waals surface area contributed by atoms with Crippen LogP contribution in [-0.2, 0) is 9.53 Å². The number of nitrogens with one attached hydrogen (secondary N) is 1. The van der Waals surface area contributed by atoms with Gasteiger partial charge in [0.05, 0.1) is 6.61 Å². The van der Waals surface area contributed by atoms with Crippen LogP contribution in [0.2, 0.25) is 0 Å². The molecule has 1 aromatic heterocycles. The molecule has 0 amide bonds. The Labute approximate surface area is 135 Å². The van der Waals surface area contributed by atoms with Gasteiger partial charge >= 0.3 is 5.97 Å². The molecule has 1 N–H and O–H groups in total. The van der Waals surface area contributed by atoms with Gasteiger partial charge in [-0.2, -0.15) is 0 Å². The maximum Gasteiger partial charge on any atom is 0.326 e. The highest BCUT2D eigenvalue weighted by Crippen LogP contribution is 2.41. The van der Waals surface area contributed by atoms with E-state index in [1.165, 1.54) is 0 Å². The van der Waals surface area contributed by atoms with E-state index in [4.69, 9.17) is 4.74 Å². The summed E-state index contributed by atoms with van der Waals surface area (Å²) >= 11 is 3.49. The van der Waals surface area contributed by atoms with Crippen molar-refractivity contribution in [1.29, 1.82) is 0 Å². The smallest absolute Gasteiger partial charge is 0.326 e. The number of aryl methyl sites for hydroxylation is 1. The van der Waals surface area contributed by atoms with Crippen molar-refractivity contribution in [3.63, 3.8) is 0 Å². The predicted octanol–water partition coefficient (Wildman–Crippen LogP) is 3.40. The van der Waals surface area contributed by atoms with Crippen LogP contribution in [0.15, 0.2) is 9.72 Å². The molecule has 4 nitrogen and oxygen atoms in total. The fraction of sp³-hybridized carbons (Fsp3) is 0.733. The Balaban J connectivity index is 2.01. The van der Waals surface area contributed by atoms with Crippen molar-refractivity contribution in [2.75, 3.05) is 13.2 Å². The third-order valence-electron chi connectivity index (χ3n) is 3.71. The Morgan fingerprint density at radius 1 is 1.62 bits per heavy atom. The highest BCUT2D eigenvalue weighted by Gasteiger charge is 2.46. The second kappa shape index (κ2) is 7.61. The molecule has 2 atom stereocenters. The third-order valence-corrected chi connectivity index (χ3v) is 6.07. The summed E-state index contributed by atoms with van der Waals surface area (Å²) < 4.78 is 6.41. The highest BCUT2D eigenvalue weighted by atomic mass is 32.2. The number of carbonyl (C=O) groups excluding carboxylic acids is 1. The predicted molar refractivity (Wildman–Crippen MR) is 88.0 cm³/mol. The van der Waals surface area contributed by atoms with Gasteiger partial charge in [0.1, 0.15) is 9.88 Å². The first-order chi connectivity index (χ1) is 10.1. The Bertz CT molecular complexity index is 478. The number of aromatic nitrogens is 1. The zero-order chi connectivity index (χ0) is 15.3. The average Bonchev–Trinajstić information content (AvgIpc) is 3.05. The van der Waals surface area contributed by atoms with E-state index in [1.54, 1.807) is 23.1 Å². The minimum atomic E-state index is -0.490. The molecule has 1 heterocycles. The van der Waals surface area contributed by atoms with Crippen LogP contribution >= 0.6 is 23.1 Å². The van der Waals surface area contributed by atoms with E-state index in [2.05, 4.69) is 22.6 Å². The lowest BCUT2D eigenvalue weighted by atomic mass is 9.97. The summed E-state index contributed by atoms with van der Waals surface area (Å²) in [4.78, 5) is 16.9. The number of ether oxygens (including phenoxy) is 1. The Morgan fingerprint density at radius 3 is 3.05 bits per heavy atom. The normalized spacial score (nSPS) is 25.2. The van der Waals surface area contributed by atoms with Crippen molar-refractivity contribution in [3.8, 4) is 0 Å². The SMILES string of the molecule is CCCNC1(C(=O)OCC)CCC(Sc2nc(C)cs2)C1. The molecule has 1 fully saturated rings. The van der Waals surface area contributed by atoms with Crippen LogP contribution in [0.3, 0.4) is 0 Å². The van der Waals surface area contributed by atoms with Gasteiger partial charge in [0.2, 0.25) is 0 Å². The van der Waals surface area contributed by atoms with E-state index in [9.17, 15) is 4.79 Å². The molecule has 0 radical (unpaired) electrons.